The van der Waals surface area contributed by atoms with Gasteiger partial charge in [0.25, 0.3) is 5.56 Å². The van der Waals surface area contributed by atoms with E-state index in [1.165, 1.54) is 18.6 Å². The van der Waals surface area contributed by atoms with E-state index in [1.54, 1.807) is 24.3 Å². The maximum absolute atomic E-state index is 13.0. The van der Waals surface area contributed by atoms with Gasteiger partial charge in [0.05, 0.1) is 6.61 Å². The third-order valence-corrected chi connectivity index (χ3v) is 4.99. The van der Waals surface area contributed by atoms with E-state index in [4.69, 9.17) is 10.5 Å². The number of hydrogen-bond acceptors (Lipinski definition) is 7. The van der Waals surface area contributed by atoms with Gasteiger partial charge < -0.3 is 20.7 Å². The summed E-state index contributed by atoms with van der Waals surface area (Å²) >= 11 is 0. The first kappa shape index (κ1) is 26.5. The van der Waals surface area contributed by atoms with E-state index in [1.807, 2.05) is 13.8 Å². The number of anilines is 3. The molecule has 0 atom stereocenters. The van der Waals surface area contributed by atoms with Gasteiger partial charge in [-0.05, 0) is 37.1 Å². The quantitative estimate of drug-likeness (QED) is 0.416. The largest absolute Gasteiger partial charge is 0.383 e. The van der Waals surface area contributed by atoms with Crippen LogP contribution in [0.5, 0.6) is 0 Å². The lowest BCUT2D eigenvalue weighted by Crippen LogP contribution is -2.43. The van der Waals surface area contributed by atoms with Gasteiger partial charge in [-0.3, -0.25) is 28.7 Å². The second-order valence-electron chi connectivity index (χ2n) is 8.22. The van der Waals surface area contributed by atoms with Crippen LogP contribution >= 0.6 is 0 Å². The second-order valence-corrected chi connectivity index (χ2v) is 8.22. The zero-order chi connectivity index (χ0) is 25.4. The molecule has 0 saturated heterocycles. The fourth-order valence-electron chi connectivity index (χ4n) is 3.30. The maximum Gasteiger partial charge on any atom is 0.330 e. The molecule has 2 rings (SSSR count). The number of aromatic amines is 1. The Labute approximate surface area is 196 Å². The van der Waals surface area contributed by atoms with Crippen molar-refractivity contribution in [1.82, 2.24) is 9.55 Å². The number of amides is 2. The fraction of sp³-hybridized carbons (Fsp3) is 0.435. The third-order valence-electron chi connectivity index (χ3n) is 4.99. The Bertz CT molecular complexity index is 1150. The Hall–Kier alpha value is -3.73. The Balaban J connectivity index is 2.20. The number of Topliss-reactive ketones (excluding diaryl/α,β-unsaturated/α-hetero) is 1. The zero-order valence-corrected chi connectivity index (χ0v) is 19.8. The lowest BCUT2D eigenvalue weighted by Gasteiger charge is -2.24. The number of ether oxygens (including phenoxy) is 1. The SMILES string of the molecule is COCCN(C(=O)CCC(=O)Nc1ccc(C(C)=O)cc1)c1c(N)n(CC(C)C)c(=O)[nH]c1=O. The summed E-state index contributed by atoms with van der Waals surface area (Å²) in [5.41, 5.74) is 5.55. The molecule has 0 saturated carbocycles. The average Bonchev–Trinajstić information content (AvgIpc) is 2.77. The Morgan fingerprint density at radius 3 is 2.35 bits per heavy atom. The minimum absolute atomic E-state index is 0.0105. The summed E-state index contributed by atoms with van der Waals surface area (Å²) in [4.78, 5) is 64.9. The molecular weight excluding hydrogens is 442 g/mol. The number of nitrogens with zero attached hydrogens (tertiary/aromatic N) is 2. The first-order valence-corrected chi connectivity index (χ1v) is 10.9. The normalized spacial score (nSPS) is 10.9. The van der Waals surface area contributed by atoms with Crippen molar-refractivity contribution in [2.45, 2.75) is 40.2 Å². The molecule has 0 bridgehead atoms. The molecule has 0 aliphatic rings. The molecule has 2 amide bonds. The van der Waals surface area contributed by atoms with Crippen LogP contribution in [0.4, 0.5) is 17.2 Å². The summed E-state index contributed by atoms with van der Waals surface area (Å²) in [6.45, 7) is 5.60. The highest BCUT2D eigenvalue weighted by Crippen LogP contribution is 2.19. The van der Waals surface area contributed by atoms with Crippen molar-refractivity contribution in [2.24, 2.45) is 5.92 Å². The number of methoxy groups -OCH3 is 1. The summed E-state index contributed by atoms with van der Waals surface area (Å²) in [5, 5.41) is 2.66. The van der Waals surface area contributed by atoms with Crippen LogP contribution in [0.1, 0.15) is 44.0 Å². The Morgan fingerprint density at radius 1 is 1.15 bits per heavy atom. The second kappa shape index (κ2) is 11.9. The number of rotatable bonds is 11. The van der Waals surface area contributed by atoms with Gasteiger partial charge >= 0.3 is 5.69 Å². The summed E-state index contributed by atoms with van der Waals surface area (Å²) in [6.07, 6.45) is -0.358. The topological polar surface area (TPSA) is 157 Å². The Morgan fingerprint density at radius 2 is 1.79 bits per heavy atom. The van der Waals surface area contributed by atoms with Gasteiger partial charge in [0, 0.05) is 44.3 Å². The molecule has 0 spiro atoms. The summed E-state index contributed by atoms with van der Waals surface area (Å²) in [6, 6.07) is 6.38. The van der Waals surface area contributed by atoms with E-state index in [9.17, 15) is 24.0 Å². The number of nitrogen functional groups attached to an aromatic ring is 1. The van der Waals surface area contributed by atoms with Crippen LogP contribution in [0.15, 0.2) is 33.9 Å². The van der Waals surface area contributed by atoms with Crippen molar-refractivity contribution in [3.63, 3.8) is 0 Å². The molecule has 2 aromatic rings. The minimum atomic E-state index is -0.790. The van der Waals surface area contributed by atoms with Crippen LogP contribution in [0.25, 0.3) is 0 Å². The van der Waals surface area contributed by atoms with Crippen molar-refractivity contribution in [3.05, 3.63) is 50.7 Å². The van der Waals surface area contributed by atoms with E-state index in [0.717, 1.165) is 4.90 Å². The van der Waals surface area contributed by atoms with Crippen molar-refractivity contribution in [2.75, 3.05) is 36.2 Å². The van der Waals surface area contributed by atoms with Crippen LogP contribution < -0.4 is 27.2 Å². The zero-order valence-electron chi connectivity index (χ0n) is 19.8. The Kier molecular flexibility index (Phi) is 9.31. The number of carbonyl (C=O) groups is 3. The van der Waals surface area contributed by atoms with Crippen molar-refractivity contribution in [3.8, 4) is 0 Å². The van der Waals surface area contributed by atoms with E-state index in [2.05, 4.69) is 10.3 Å². The first-order valence-electron chi connectivity index (χ1n) is 10.9. The van der Waals surface area contributed by atoms with Crippen LogP contribution in [0.2, 0.25) is 0 Å². The van der Waals surface area contributed by atoms with Crippen LogP contribution in [-0.2, 0) is 20.9 Å². The maximum atomic E-state index is 13.0. The lowest BCUT2D eigenvalue weighted by atomic mass is 10.1. The summed E-state index contributed by atoms with van der Waals surface area (Å²) < 4.78 is 6.27. The number of nitrogens with one attached hydrogen (secondary N) is 2. The van der Waals surface area contributed by atoms with Crippen LogP contribution in [-0.4, -0.2) is 47.4 Å². The standard InChI is InChI=1S/C23H31N5O6/c1-14(2)13-28-21(24)20(22(32)26-23(28)33)27(11-12-34-4)19(31)10-9-18(30)25-17-7-5-16(6-8-17)15(3)29/h5-8,14H,9-13,24H2,1-4H3,(H,25,30)(H,26,32,33). The molecule has 0 fully saturated rings. The van der Waals surface area contributed by atoms with Gasteiger partial charge in [-0.1, -0.05) is 13.8 Å². The number of H-pyrrole nitrogens is 1. The number of aromatic nitrogens is 2. The van der Waals surface area contributed by atoms with Gasteiger partial charge in [0.2, 0.25) is 11.8 Å². The molecule has 4 N–H and O–H groups in total. The monoisotopic (exact) mass is 473 g/mol. The molecule has 11 nitrogen and oxygen atoms in total. The molecule has 0 unspecified atom stereocenters. The molecule has 0 aliphatic carbocycles. The van der Waals surface area contributed by atoms with Gasteiger partial charge in [0.1, 0.15) is 5.82 Å². The highest BCUT2D eigenvalue weighted by molar-refractivity contribution is 5.99. The number of ketones is 1. The number of benzene rings is 1. The number of hydrogen-bond donors (Lipinski definition) is 3. The molecule has 0 radical (unpaired) electrons. The number of nitrogens with two attached hydrogens (primary N) is 1. The molecule has 34 heavy (non-hydrogen) atoms. The van der Waals surface area contributed by atoms with Crippen LogP contribution in [0, 0.1) is 5.92 Å². The lowest BCUT2D eigenvalue weighted by molar-refractivity contribution is -0.122. The molecule has 0 aliphatic heterocycles. The molecular formula is C23H31N5O6. The summed E-state index contributed by atoms with van der Waals surface area (Å²) in [7, 11) is 1.45. The molecule has 11 heteroatoms. The minimum Gasteiger partial charge on any atom is -0.383 e. The predicted molar refractivity (Wildman–Crippen MR) is 129 cm³/mol. The smallest absolute Gasteiger partial charge is 0.330 e. The van der Waals surface area contributed by atoms with Gasteiger partial charge in [-0.25, -0.2) is 4.79 Å². The third kappa shape index (κ3) is 6.88. The van der Waals surface area contributed by atoms with E-state index in [0.29, 0.717) is 11.3 Å². The van der Waals surface area contributed by atoms with Crippen molar-refractivity contribution < 1.29 is 19.1 Å². The fourth-order valence-corrected chi connectivity index (χ4v) is 3.30. The van der Waals surface area contributed by atoms with Gasteiger partial charge in [-0.15, -0.1) is 0 Å². The molecule has 1 heterocycles. The molecule has 184 valence electrons. The van der Waals surface area contributed by atoms with Crippen LogP contribution in [0.3, 0.4) is 0 Å². The van der Waals surface area contributed by atoms with E-state index >= 15 is 0 Å². The van der Waals surface area contributed by atoms with E-state index in [-0.39, 0.29) is 55.7 Å². The van der Waals surface area contributed by atoms with Gasteiger partial charge in [-0.2, -0.15) is 0 Å². The highest BCUT2D eigenvalue weighted by Gasteiger charge is 2.24. The highest BCUT2D eigenvalue weighted by atomic mass is 16.5. The first-order chi connectivity index (χ1) is 16.0. The van der Waals surface area contributed by atoms with Gasteiger partial charge in [0.15, 0.2) is 11.5 Å². The molecule has 1 aromatic heterocycles. The average molecular weight is 474 g/mol. The molecule has 1 aromatic carbocycles. The number of carbonyl (C=O) groups excluding carboxylic acids is 3. The van der Waals surface area contributed by atoms with Crippen molar-refractivity contribution in [1.29, 1.82) is 0 Å². The summed E-state index contributed by atoms with van der Waals surface area (Å²) in [5.74, 6) is -1.08. The van der Waals surface area contributed by atoms with Crippen molar-refractivity contribution >= 4 is 34.8 Å². The van der Waals surface area contributed by atoms with E-state index < -0.39 is 23.1 Å². The predicted octanol–water partition coefficient (Wildman–Crippen LogP) is 1.38.